The number of Topliss-reactive ketones (excluding diaryl/α,β-unsaturated/α-hetero) is 1. The Morgan fingerprint density at radius 3 is 2.79 bits per heavy atom. The number of benzene rings is 1. The summed E-state index contributed by atoms with van der Waals surface area (Å²) in [5, 5.41) is 3.08. The lowest BCUT2D eigenvalue weighted by molar-refractivity contribution is -0.112. The summed E-state index contributed by atoms with van der Waals surface area (Å²) in [4.78, 5) is 25.1. The summed E-state index contributed by atoms with van der Waals surface area (Å²) in [5.41, 5.74) is 3.15. The minimum Gasteiger partial charge on any atom is -0.366 e. The fourth-order valence-corrected chi connectivity index (χ4v) is 2.67. The molecule has 19 heavy (non-hydrogen) atoms. The predicted octanol–water partition coefficient (Wildman–Crippen LogP) is 2.63. The van der Waals surface area contributed by atoms with Gasteiger partial charge in [0.2, 0.25) is 0 Å². The van der Waals surface area contributed by atoms with Crippen LogP contribution in [0.25, 0.3) is 0 Å². The van der Waals surface area contributed by atoms with Crippen molar-refractivity contribution < 1.29 is 9.59 Å². The molecule has 0 saturated carbocycles. The van der Waals surface area contributed by atoms with Crippen LogP contribution in [0.2, 0.25) is 5.02 Å². The van der Waals surface area contributed by atoms with Gasteiger partial charge in [-0.3, -0.25) is 9.59 Å². The summed E-state index contributed by atoms with van der Waals surface area (Å²) < 4.78 is 0. The first-order chi connectivity index (χ1) is 9.06. The fraction of sp³-hybridized carbons (Fsp3) is 0.286. The van der Waals surface area contributed by atoms with Crippen LogP contribution in [0.4, 0.5) is 11.4 Å². The molecule has 0 fully saturated rings. The monoisotopic (exact) mass is 276 g/mol. The number of anilines is 2. The number of rotatable bonds is 1. The number of carbonyl (C=O) groups is 2. The van der Waals surface area contributed by atoms with Crippen LogP contribution in [0.5, 0.6) is 0 Å². The average molecular weight is 277 g/mol. The van der Waals surface area contributed by atoms with E-state index >= 15 is 0 Å². The van der Waals surface area contributed by atoms with Gasteiger partial charge < -0.3 is 10.2 Å². The van der Waals surface area contributed by atoms with E-state index in [1.807, 2.05) is 0 Å². The standard InChI is InChI=1S/C14H13ClN2O2/c1-8-2-4-17(5-3-8)12-7-11-9(6-10(12)15)13(18)14(19)16-11/h2,6-7H,3-5H2,1H3,(H,16,18,19). The molecule has 2 aliphatic heterocycles. The van der Waals surface area contributed by atoms with Crippen LogP contribution in [-0.4, -0.2) is 24.8 Å². The van der Waals surface area contributed by atoms with E-state index in [-0.39, 0.29) is 0 Å². The second-order valence-electron chi connectivity index (χ2n) is 4.88. The molecule has 1 N–H and O–H groups in total. The molecule has 3 rings (SSSR count). The second-order valence-corrected chi connectivity index (χ2v) is 5.29. The first-order valence-corrected chi connectivity index (χ1v) is 6.54. The smallest absolute Gasteiger partial charge is 0.296 e. The van der Waals surface area contributed by atoms with E-state index in [9.17, 15) is 9.59 Å². The van der Waals surface area contributed by atoms with Crippen molar-refractivity contribution in [1.29, 1.82) is 0 Å². The summed E-state index contributed by atoms with van der Waals surface area (Å²) in [7, 11) is 0. The first kappa shape index (κ1) is 12.2. The van der Waals surface area contributed by atoms with Gasteiger partial charge in [0.25, 0.3) is 11.7 Å². The molecule has 1 aromatic rings. The number of ketones is 1. The Labute approximate surface area is 116 Å². The Hall–Kier alpha value is -1.81. The van der Waals surface area contributed by atoms with Gasteiger partial charge in [0.1, 0.15) is 0 Å². The quantitative estimate of drug-likeness (QED) is 0.634. The van der Waals surface area contributed by atoms with Gasteiger partial charge in [0, 0.05) is 13.1 Å². The maximum atomic E-state index is 11.6. The number of amides is 1. The van der Waals surface area contributed by atoms with Gasteiger partial charge in [-0.1, -0.05) is 23.3 Å². The van der Waals surface area contributed by atoms with Gasteiger partial charge in [-0.05, 0) is 25.5 Å². The third-order valence-corrected chi connectivity index (χ3v) is 3.87. The van der Waals surface area contributed by atoms with Crippen LogP contribution in [0.1, 0.15) is 23.7 Å². The normalized spacial score (nSPS) is 18.2. The van der Waals surface area contributed by atoms with Crippen LogP contribution >= 0.6 is 11.6 Å². The molecule has 2 heterocycles. The molecule has 0 unspecified atom stereocenters. The number of halogens is 1. The van der Waals surface area contributed by atoms with Crippen molar-refractivity contribution in [3.8, 4) is 0 Å². The fourth-order valence-electron chi connectivity index (χ4n) is 2.39. The first-order valence-electron chi connectivity index (χ1n) is 6.16. The third kappa shape index (κ3) is 2.02. The van der Waals surface area contributed by atoms with Gasteiger partial charge in [-0.25, -0.2) is 0 Å². The molecule has 98 valence electrons. The van der Waals surface area contributed by atoms with E-state index in [4.69, 9.17) is 11.6 Å². The van der Waals surface area contributed by atoms with Crippen LogP contribution in [0, 0.1) is 0 Å². The maximum absolute atomic E-state index is 11.6. The number of nitrogens with one attached hydrogen (secondary N) is 1. The molecule has 4 nitrogen and oxygen atoms in total. The lowest BCUT2D eigenvalue weighted by Gasteiger charge is -2.28. The van der Waals surface area contributed by atoms with Crippen molar-refractivity contribution >= 4 is 34.7 Å². The number of hydrogen-bond acceptors (Lipinski definition) is 3. The molecule has 1 amide bonds. The van der Waals surface area contributed by atoms with Gasteiger partial charge in [-0.15, -0.1) is 0 Å². The molecule has 5 heteroatoms. The minimum atomic E-state index is -0.586. The molecule has 0 radical (unpaired) electrons. The highest BCUT2D eigenvalue weighted by atomic mass is 35.5. The number of nitrogens with zero attached hydrogens (tertiary/aromatic N) is 1. The Morgan fingerprint density at radius 2 is 2.11 bits per heavy atom. The van der Waals surface area contributed by atoms with Crippen molar-refractivity contribution in [2.45, 2.75) is 13.3 Å². The zero-order valence-corrected chi connectivity index (χ0v) is 11.3. The van der Waals surface area contributed by atoms with Crippen molar-refractivity contribution in [2.75, 3.05) is 23.3 Å². The zero-order chi connectivity index (χ0) is 13.6. The van der Waals surface area contributed by atoms with Crippen LogP contribution in [0.15, 0.2) is 23.8 Å². The Balaban J connectivity index is 1.99. The van der Waals surface area contributed by atoms with Crippen molar-refractivity contribution in [1.82, 2.24) is 0 Å². The molecule has 2 aliphatic rings. The Bertz CT molecular complexity index is 622. The zero-order valence-electron chi connectivity index (χ0n) is 10.5. The summed E-state index contributed by atoms with van der Waals surface area (Å²) >= 11 is 6.24. The van der Waals surface area contributed by atoms with E-state index in [1.165, 1.54) is 5.57 Å². The predicted molar refractivity (Wildman–Crippen MR) is 75.0 cm³/mol. The molecule has 0 saturated heterocycles. The average Bonchev–Trinajstić information content (AvgIpc) is 2.66. The highest BCUT2D eigenvalue weighted by Crippen LogP contribution is 2.35. The van der Waals surface area contributed by atoms with Gasteiger partial charge in [0.15, 0.2) is 0 Å². The molecular weight excluding hydrogens is 264 g/mol. The van der Waals surface area contributed by atoms with Crippen LogP contribution in [-0.2, 0) is 4.79 Å². The molecule has 0 spiro atoms. The SMILES string of the molecule is CC1=CCN(c2cc3c(cc2Cl)C(=O)C(=O)N3)CC1. The summed E-state index contributed by atoms with van der Waals surface area (Å²) in [5.74, 6) is -1.10. The second kappa shape index (κ2) is 4.38. The highest BCUT2D eigenvalue weighted by Gasteiger charge is 2.29. The summed E-state index contributed by atoms with van der Waals surface area (Å²) in [6.07, 6.45) is 3.16. The molecule has 0 aromatic heterocycles. The van der Waals surface area contributed by atoms with E-state index in [0.717, 1.165) is 25.2 Å². The number of fused-ring (bicyclic) bond motifs is 1. The van der Waals surface area contributed by atoms with Gasteiger partial charge in [0.05, 0.1) is 22.0 Å². The number of hydrogen-bond donors (Lipinski definition) is 1. The summed E-state index contributed by atoms with van der Waals surface area (Å²) in [6.45, 7) is 3.80. The van der Waals surface area contributed by atoms with Crippen LogP contribution in [0.3, 0.4) is 0 Å². The molecule has 0 atom stereocenters. The van der Waals surface area contributed by atoms with Gasteiger partial charge >= 0.3 is 0 Å². The van der Waals surface area contributed by atoms with E-state index < -0.39 is 11.7 Å². The molecular formula is C14H13ClN2O2. The third-order valence-electron chi connectivity index (χ3n) is 3.56. The Kier molecular flexibility index (Phi) is 2.82. The topological polar surface area (TPSA) is 49.4 Å². The minimum absolute atomic E-state index is 0.363. The lowest BCUT2D eigenvalue weighted by Crippen LogP contribution is -2.28. The van der Waals surface area contributed by atoms with Crippen molar-refractivity contribution in [3.05, 3.63) is 34.4 Å². The molecule has 1 aromatic carbocycles. The van der Waals surface area contributed by atoms with E-state index in [1.54, 1.807) is 12.1 Å². The summed E-state index contributed by atoms with van der Waals surface area (Å²) in [6, 6.07) is 3.37. The highest BCUT2D eigenvalue weighted by molar-refractivity contribution is 6.52. The van der Waals surface area contributed by atoms with Crippen LogP contribution < -0.4 is 10.2 Å². The largest absolute Gasteiger partial charge is 0.366 e. The maximum Gasteiger partial charge on any atom is 0.296 e. The van der Waals surface area contributed by atoms with E-state index in [2.05, 4.69) is 23.2 Å². The van der Waals surface area contributed by atoms with Crippen molar-refractivity contribution in [3.63, 3.8) is 0 Å². The van der Waals surface area contributed by atoms with Gasteiger partial charge in [-0.2, -0.15) is 0 Å². The molecule has 0 bridgehead atoms. The van der Waals surface area contributed by atoms with E-state index in [0.29, 0.717) is 16.3 Å². The number of carbonyl (C=O) groups excluding carboxylic acids is 2. The Morgan fingerprint density at radius 1 is 1.32 bits per heavy atom. The molecule has 0 aliphatic carbocycles. The van der Waals surface area contributed by atoms with Crippen molar-refractivity contribution in [2.24, 2.45) is 0 Å². The lowest BCUT2D eigenvalue weighted by atomic mass is 10.1.